The summed E-state index contributed by atoms with van der Waals surface area (Å²) >= 11 is 1.49. The van der Waals surface area contributed by atoms with Gasteiger partial charge in [0.25, 0.3) is 5.91 Å². The Bertz CT molecular complexity index is 1010. The van der Waals surface area contributed by atoms with E-state index in [0.29, 0.717) is 34.7 Å². The second-order valence-electron chi connectivity index (χ2n) is 10.4. The summed E-state index contributed by atoms with van der Waals surface area (Å²) in [5, 5.41) is 22.2. The molecule has 2 atom stereocenters. The monoisotopic (exact) mass is 567 g/mol. The molecule has 4 fully saturated rings. The van der Waals surface area contributed by atoms with Crippen LogP contribution in [0.2, 0.25) is 0 Å². The van der Waals surface area contributed by atoms with Gasteiger partial charge in [0.1, 0.15) is 12.3 Å². The van der Waals surface area contributed by atoms with E-state index in [2.05, 4.69) is 10.5 Å². The number of hydrogen-bond donors (Lipinski definition) is 2. The molecule has 0 spiro atoms. The molecule has 4 aliphatic rings. The van der Waals surface area contributed by atoms with Crippen molar-refractivity contribution in [2.75, 3.05) is 31.5 Å². The normalized spacial score (nSPS) is 28.1. The molecule has 1 unspecified atom stereocenters. The van der Waals surface area contributed by atoms with Crippen molar-refractivity contribution in [1.29, 1.82) is 0 Å². The van der Waals surface area contributed by atoms with Gasteiger partial charge in [-0.1, -0.05) is 24.4 Å². The van der Waals surface area contributed by atoms with Crippen LogP contribution in [0.15, 0.2) is 27.4 Å². The van der Waals surface area contributed by atoms with Crippen molar-refractivity contribution < 1.29 is 45.4 Å². The first-order valence-electron chi connectivity index (χ1n) is 12.4. The topological polar surface area (TPSA) is 102 Å². The maximum Gasteiger partial charge on any atom is 0.343 e. The highest BCUT2D eigenvalue weighted by molar-refractivity contribution is 7.08. The van der Waals surface area contributed by atoms with Gasteiger partial charge in [-0.25, -0.2) is 4.79 Å². The molecular weight excluding hydrogens is 534 g/mol. The van der Waals surface area contributed by atoms with E-state index in [1.165, 1.54) is 11.3 Å². The Labute approximate surface area is 220 Å². The lowest BCUT2D eigenvalue weighted by atomic mass is 9.74. The van der Waals surface area contributed by atoms with Crippen LogP contribution in [-0.4, -0.2) is 58.9 Å². The highest BCUT2D eigenvalue weighted by Crippen LogP contribution is 2.43. The van der Waals surface area contributed by atoms with E-state index in [4.69, 9.17) is 9.26 Å². The van der Waals surface area contributed by atoms with Gasteiger partial charge >= 0.3 is 5.97 Å². The molecule has 192 valence electrons. The maximum atomic E-state index is 13.6. The molecule has 8 nitrogen and oxygen atoms in total. The largest absolute Gasteiger partial charge is 1.00 e. The third-order valence-corrected chi connectivity index (χ3v) is 8.83. The summed E-state index contributed by atoms with van der Waals surface area (Å²) < 4.78 is 11.8. The van der Waals surface area contributed by atoms with Crippen LogP contribution in [-0.2, 0) is 19.9 Å². The molecule has 10 heteroatoms. The number of thiophene rings is 1. The number of piperidine rings is 3. The number of carbonyl (C=O) groups is 2. The van der Waals surface area contributed by atoms with Gasteiger partial charge in [-0.2, -0.15) is 11.3 Å². The highest BCUT2D eigenvalue weighted by atomic mass is 79.9. The Kier molecular flexibility index (Phi) is 8.05. The van der Waals surface area contributed by atoms with Crippen molar-refractivity contribution in [1.82, 2.24) is 5.16 Å². The summed E-state index contributed by atoms with van der Waals surface area (Å²) in [7, 11) is 0. The number of quaternary nitrogens is 1. The minimum atomic E-state index is -1.60. The number of fused-ring (bicyclic) bond motifs is 3. The predicted molar refractivity (Wildman–Crippen MR) is 127 cm³/mol. The number of halogens is 1. The van der Waals surface area contributed by atoms with Crippen LogP contribution in [0.3, 0.4) is 0 Å². The maximum absolute atomic E-state index is 13.6. The smallest absolute Gasteiger partial charge is 0.343 e. The Morgan fingerprint density at radius 2 is 2.00 bits per heavy atom. The fourth-order valence-electron chi connectivity index (χ4n) is 6.24. The van der Waals surface area contributed by atoms with Crippen molar-refractivity contribution in [3.05, 3.63) is 34.2 Å². The van der Waals surface area contributed by atoms with Crippen LogP contribution in [0.25, 0.3) is 0 Å². The number of anilines is 1. The van der Waals surface area contributed by atoms with E-state index < -0.39 is 11.6 Å². The average molecular weight is 569 g/mol. The summed E-state index contributed by atoms with van der Waals surface area (Å²) in [5.74, 6) is 0.591. The summed E-state index contributed by atoms with van der Waals surface area (Å²) in [5.41, 5.74) is -0.943. The van der Waals surface area contributed by atoms with Gasteiger partial charge in [0.2, 0.25) is 0 Å². The second-order valence-corrected chi connectivity index (χ2v) is 11.2. The minimum absolute atomic E-state index is 0. The number of nitrogens with one attached hydrogen (secondary N) is 1. The Hall–Kier alpha value is -1.75. The Balaban J connectivity index is 0.00000289. The van der Waals surface area contributed by atoms with Gasteiger partial charge < -0.3 is 41.1 Å². The first-order chi connectivity index (χ1) is 16.4. The van der Waals surface area contributed by atoms with Gasteiger partial charge in [-0.3, -0.25) is 4.79 Å². The number of aliphatic hydroxyl groups is 1. The zero-order valence-corrected chi connectivity index (χ0v) is 22.5. The van der Waals surface area contributed by atoms with Gasteiger partial charge in [0.15, 0.2) is 24.1 Å². The molecule has 3 saturated heterocycles. The summed E-state index contributed by atoms with van der Waals surface area (Å²) in [6.45, 7) is 4.47. The summed E-state index contributed by atoms with van der Waals surface area (Å²) in [6.07, 6.45) is 6.39. The molecule has 2 aromatic rings. The molecule has 2 N–H and O–H groups in total. The molecule has 2 aromatic heterocycles. The summed E-state index contributed by atoms with van der Waals surface area (Å²) in [6, 6.07) is 3.54. The van der Waals surface area contributed by atoms with Crippen LogP contribution in [0.4, 0.5) is 5.82 Å². The molecule has 0 aromatic carbocycles. The first kappa shape index (κ1) is 26.3. The lowest BCUT2D eigenvalue weighted by Gasteiger charge is -2.52. The van der Waals surface area contributed by atoms with Crippen LogP contribution in [0.5, 0.6) is 0 Å². The quantitative estimate of drug-likeness (QED) is 0.375. The van der Waals surface area contributed by atoms with Crippen LogP contribution < -0.4 is 22.3 Å². The third-order valence-electron chi connectivity index (χ3n) is 8.14. The highest BCUT2D eigenvalue weighted by Gasteiger charge is 2.53. The zero-order chi connectivity index (χ0) is 23.8. The third kappa shape index (κ3) is 5.35. The van der Waals surface area contributed by atoms with E-state index in [1.54, 1.807) is 13.0 Å². The number of hydrogen-bond acceptors (Lipinski definition) is 7. The van der Waals surface area contributed by atoms with E-state index in [9.17, 15) is 14.7 Å². The number of carbonyl (C=O) groups excluding carboxylic acids is 2. The average Bonchev–Trinajstić information content (AvgIpc) is 3.52. The molecule has 1 amide bonds. The first-order valence-corrected chi connectivity index (χ1v) is 13.4. The van der Waals surface area contributed by atoms with E-state index >= 15 is 0 Å². The Morgan fingerprint density at radius 1 is 1.26 bits per heavy atom. The number of esters is 1. The SMILES string of the molecule is Cc1cc(NC(=O)C[N+]23CCC(CC2)[C@@H](OC(=O)C(O)(c2ccsc2)C2CCCCC2)C3)no1.[Br-]. The summed E-state index contributed by atoms with van der Waals surface area (Å²) in [4.78, 5) is 26.4. The van der Waals surface area contributed by atoms with E-state index in [-0.39, 0.29) is 40.8 Å². The number of amides is 1. The van der Waals surface area contributed by atoms with Gasteiger partial charge in [-0.05, 0) is 36.6 Å². The molecule has 1 aliphatic carbocycles. The lowest BCUT2D eigenvalue weighted by Crippen LogP contribution is -3.00. The fourth-order valence-corrected chi connectivity index (χ4v) is 6.95. The predicted octanol–water partition coefficient (Wildman–Crippen LogP) is 0.607. The van der Waals surface area contributed by atoms with Crippen molar-refractivity contribution in [2.45, 2.75) is 63.6 Å². The van der Waals surface area contributed by atoms with Crippen LogP contribution >= 0.6 is 11.3 Å². The standard InChI is InChI=1S/C25H33N3O5S.BrH/c1-17-13-22(27-33-17)26-23(29)15-28-10-7-18(8-11-28)21(14-28)32-24(30)25(31,20-9-12-34-16-20)19-5-3-2-4-6-19;/h9,12-13,16,18-19,21,31H,2-8,10-11,14-15H2,1H3;1H/t18?,21-,25?,28?;/m0./s1. The van der Waals surface area contributed by atoms with E-state index in [1.807, 2.05) is 16.8 Å². The molecule has 1 saturated carbocycles. The van der Waals surface area contributed by atoms with Gasteiger partial charge in [0.05, 0.1) is 13.1 Å². The van der Waals surface area contributed by atoms with Crippen LogP contribution in [0.1, 0.15) is 56.3 Å². The number of ether oxygens (including phenoxy) is 1. The van der Waals surface area contributed by atoms with Gasteiger partial charge in [0, 0.05) is 36.3 Å². The molecular formula is C25H34BrN3O5S. The number of rotatable bonds is 7. The van der Waals surface area contributed by atoms with Crippen LogP contribution in [0, 0.1) is 18.8 Å². The molecule has 35 heavy (non-hydrogen) atoms. The Morgan fingerprint density at radius 3 is 2.63 bits per heavy atom. The van der Waals surface area contributed by atoms with Crippen molar-refractivity contribution in [3.8, 4) is 0 Å². The fraction of sp³-hybridized carbons (Fsp3) is 0.640. The zero-order valence-electron chi connectivity index (χ0n) is 20.1. The number of aromatic nitrogens is 1. The minimum Gasteiger partial charge on any atom is -1.00 e. The lowest BCUT2D eigenvalue weighted by molar-refractivity contribution is -0.939. The molecule has 3 aliphatic heterocycles. The van der Waals surface area contributed by atoms with Gasteiger partial charge in [-0.15, -0.1) is 0 Å². The number of nitrogens with zero attached hydrogens (tertiary/aromatic N) is 2. The molecule has 5 heterocycles. The molecule has 2 bridgehead atoms. The molecule has 6 rings (SSSR count). The van der Waals surface area contributed by atoms with Crippen molar-refractivity contribution >= 4 is 29.0 Å². The van der Waals surface area contributed by atoms with Crippen molar-refractivity contribution in [2.24, 2.45) is 11.8 Å². The van der Waals surface area contributed by atoms with E-state index in [0.717, 1.165) is 58.0 Å². The molecule has 0 radical (unpaired) electrons. The van der Waals surface area contributed by atoms with Crippen molar-refractivity contribution in [3.63, 3.8) is 0 Å². The second kappa shape index (κ2) is 10.7. The number of aryl methyl sites for hydroxylation is 1.